The number of terminal acetylenes is 1. The fourth-order valence-electron chi connectivity index (χ4n) is 1.36. The molecule has 6 nitrogen and oxygen atoms in total. The van der Waals surface area contributed by atoms with Gasteiger partial charge >= 0.3 is 12.0 Å². The number of carbonyl (C=O) groups is 2. The number of carboxylic acids is 1. The fraction of sp³-hybridized carbons (Fsp3) is 0.231. The normalized spacial score (nSPS) is 9.32. The molecule has 0 radical (unpaired) electrons. The van der Waals surface area contributed by atoms with Gasteiger partial charge in [-0.15, -0.1) is 6.42 Å². The summed E-state index contributed by atoms with van der Waals surface area (Å²) in [6.07, 6.45) is 5.11. The average Bonchev–Trinajstić information content (AvgIpc) is 2.38. The molecule has 6 heteroatoms. The van der Waals surface area contributed by atoms with Crippen LogP contribution in [-0.4, -0.2) is 42.7 Å². The Kier molecular flexibility index (Phi) is 4.77. The first-order valence-electron chi connectivity index (χ1n) is 5.36. The van der Waals surface area contributed by atoms with Crippen molar-refractivity contribution in [2.45, 2.75) is 0 Å². The van der Waals surface area contributed by atoms with E-state index in [1.54, 1.807) is 0 Å². The van der Waals surface area contributed by atoms with E-state index in [1.807, 2.05) is 0 Å². The molecule has 1 rings (SSSR count). The van der Waals surface area contributed by atoms with Crippen LogP contribution < -0.4 is 10.1 Å². The minimum atomic E-state index is -1.09. The van der Waals surface area contributed by atoms with E-state index in [0.29, 0.717) is 5.75 Å². The molecule has 0 heterocycles. The molecule has 0 aromatic heterocycles. The number of benzene rings is 1. The van der Waals surface area contributed by atoms with Crippen LogP contribution >= 0.6 is 0 Å². The number of nitrogens with zero attached hydrogens (tertiary/aromatic N) is 1. The Hall–Kier alpha value is -2.68. The highest BCUT2D eigenvalue weighted by Crippen LogP contribution is 2.25. The molecule has 0 saturated heterocycles. The molecule has 0 bridgehead atoms. The molecule has 2 N–H and O–H groups in total. The highest BCUT2D eigenvalue weighted by Gasteiger charge is 2.13. The highest BCUT2D eigenvalue weighted by atomic mass is 16.5. The van der Waals surface area contributed by atoms with Crippen molar-refractivity contribution >= 4 is 17.7 Å². The van der Waals surface area contributed by atoms with E-state index < -0.39 is 12.0 Å². The van der Waals surface area contributed by atoms with Crippen LogP contribution in [0.3, 0.4) is 0 Å². The minimum Gasteiger partial charge on any atom is -0.495 e. The van der Waals surface area contributed by atoms with Gasteiger partial charge in [0, 0.05) is 7.05 Å². The molecule has 2 amide bonds. The number of carbonyl (C=O) groups excluding carboxylic acids is 1. The molecule has 0 aliphatic carbocycles. The van der Waals surface area contributed by atoms with Crippen LogP contribution in [0.4, 0.5) is 10.5 Å². The predicted molar refractivity (Wildman–Crippen MR) is 70.4 cm³/mol. The smallest absolute Gasteiger partial charge is 0.335 e. The summed E-state index contributed by atoms with van der Waals surface area (Å²) in [6.45, 7) is 0.146. The second-order valence-electron chi connectivity index (χ2n) is 3.71. The molecule has 19 heavy (non-hydrogen) atoms. The van der Waals surface area contributed by atoms with Crippen LogP contribution in [0.15, 0.2) is 18.2 Å². The molecule has 0 aliphatic heterocycles. The second-order valence-corrected chi connectivity index (χ2v) is 3.71. The number of nitrogens with one attached hydrogen (secondary N) is 1. The van der Waals surface area contributed by atoms with Crippen LogP contribution in [-0.2, 0) is 0 Å². The molecular weight excluding hydrogens is 248 g/mol. The van der Waals surface area contributed by atoms with E-state index in [1.165, 1.54) is 37.3 Å². The molecule has 0 unspecified atom stereocenters. The summed E-state index contributed by atoms with van der Waals surface area (Å²) in [5.74, 6) is 1.61. The van der Waals surface area contributed by atoms with Crippen LogP contribution in [0, 0.1) is 12.3 Å². The van der Waals surface area contributed by atoms with E-state index in [-0.39, 0.29) is 17.8 Å². The molecule has 0 atom stereocenters. The van der Waals surface area contributed by atoms with Gasteiger partial charge in [-0.25, -0.2) is 9.59 Å². The summed E-state index contributed by atoms with van der Waals surface area (Å²) in [5.41, 5.74) is 0.326. The zero-order valence-electron chi connectivity index (χ0n) is 10.6. The van der Waals surface area contributed by atoms with Crippen molar-refractivity contribution in [2.24, 2.45) is 0 Å². The summed E-state index contributed by atoms with van der Waals surface area (Å²) in [5, 5.41) is 11.5. The number of urea groups is 1. The zero-order valence-corrected chi connectivity index (χ0v) is 10.6. The third-order valence-electron chi connectivity index (χ3n) is 2.36. The summed E-state index contributed by atoms with van der Waals surface area (Å²) in [6, 6.07) is 3.74. The van der Waals surface area contributed by atoms with Gasteiger partial charge in [-0.1, -0.05) is 5.92 Å². The fourth-order valence-corrected chi connectivity index (χ4v) is 1.36. The third-order valence-corrected chi connectivity index (χ3v) is 2.36. The number of rotatable bonds is 4. The van der Waals surface area contributed by atoms with Gasteiger partial charge in [0.25, 0.3) is 0 Å². The van der Waals surface area contributed by atoms with E-state index in [9.17, 15) is 9.59 Å². The van der Waals surface area contributed by atoms with Gasteiger partial charge in [-0.05, 0) is 18.2 Å². The molecule has 0 saturated carbocycles. The first-order chi connectivity index (χ1) is 8.99. The minimum absolute atomic E-state index is 0.0516. The standard InChI is InChI=1S/C13H14N2O4/c1-4-7-15(2)13(18)14-10-8-9(12(16)17)5-6-11(10)19-3/h1,5-6,8H,7H2,2-3H3,(H,14,18)(H,16,17). The summed E-state index contributed by atoms with van der Waals surface area (Å²) in [4.78, 5) is 23.9. The SMILES string of the molecule is C#CCN(C)C(=O)Nc1cc(C(=O)O)ccc1OC. The second kappa shape index (κ2) is 6.31. The molecular formula is C13H14N2O4. The number of amides is 2. The Morgan fingerprint density at radius 2 is 2.21 bits per heavy atom. The van der Waals surface area contributed by atoms with Crippen molar-refractivity contribution < 1.29 is 19.4 Å². The maximum Gasteiger partial charge on any atom is 0.335 e. The Balaban J connectivity index is 2.98. The number of aromatic carboxylic acids is 1. The van der Waals surface area contributed by atoms with Gasteiger partial charge in [0.2, 0.25) is 0 Å². The van der Waals surface area contributed by atoms with Gasteiger partial charge in [-0.2, -0.15) is 0 Å². The number of anilines is 1. The first kappa shape index (κ1) is 14.4. The van der Waals surface area contributed by atoms with Gasteiger partial charge < -0.3 is 20.1 Å². The third kappa shape index (κ3) is 3.64. The van der Waals surface area contributed by atoms with Crippen LogP contribution in [0.1, 0.15) is 10.4 Å². The van der Waals surface area contributed by atoms with Crippen molar-refractivity contribution in [3.8, 4) is 18.1 Å². The molecule has 1 aromatic carbocycles. The van der Waals surface area contributed by atoms with Crippen molar-refractivity contribution in [3.63, 3.8) is 0 Å². The lowest BCUT2D eigenvalue weighted by Gasteiger charge is -2.16. The molecule has 0 fully saturated rings. The Bertz CT molecular complexity index is 534. The lowest BCUT2D eigenvalue weighted by atomic mass is 10.2. The topological polar surface area (TPSA) is 78.9 Å². The lowest BCUT2D eigenvalue weighted by molar-refractivity contribution is 0.0697. The first-order valence-corrected chi connectivity index (χ1v) is 5.36. The van der Waals surface area contributed by atoms with Crippen molar-refractivity contribution in [1.82, 2.24) is 4.90 Å². The van der Waals surface area contributed by atoms with Crippen molar-refractivity contribution in [1.29, 1.82) is 0 Å². The maximum atomic E-state index is 11.8. The molecule has 0 aliphatic rings. The van der Waals surface area contributed by atoms with Crippen LogP contribution in [0.5, 0.6) is 5.75 Å². The Morgan fingerprint density at radius 1 is 1.53 bits per heavy atom. The zero-order chi connectivity index (χ0) is 14.4. The van der Waals surface area contributed by atoms with Crippen LogP contribution in [0.2, 0.25) is 0 Å². The summed E-state index contributed by atoms with van der Waals surface area (Å²) >= 11 is 0. The van der Waals surface area contributed by atoms with E-state index in [2.05, 4.69) is 11.2 Å². The predicted octanol–water partition coefficient (Wildman–Crippen LogP) is 1.49. The van der Waals surface area contributed by atoms with E-state index in [4.69, 9.17) is 16.3 Å². The Labute approximate surface area is 111 Å². The van der Waals surface area contributed by atoms with Crippen molar-refractivity contribution in [3.05, 3.63) is 23.8 Å². The largest absolute Gasteiger partial charge is 0.495 e. The summed E-state index contributed by atoms with van der Waals surface area (Å²) in [7, 11) is 2.96. The average molecular weight is 262 g/mol. The number of carboxylic acid groups (broad SMARTS) is 1. The monoisotopic (exact) mass is 262 g/mol. The van der Waals surface area contributed by atoms with Gasteiger partial charge in [-0.3, -0.25) is 0 Å². The van der Waals surface area contributed by atoms with Gasteiger partial charge in [0.05, 0.1) is 24.9 Å². The number of hydrogen-bond donors (Lipinski definition) is 2. The van der Waals surface area contributed by atoms with Crippen LogP contribution in [0.25, 0.3) is 0 Å². The molecule has 1 aromatic rings. The highest BCUT2D eigenvalue weighted by molar-refractivity contribution is 5.94. The number of ether oxygens (including phenoxy) is 1. The number of hydrogen-bond acceptors (Lipinski definition) is 3. The maximum absolute atomic E-state index is 11.8. The molecule has 0 spiro atoms. The Morgan fingerprint density at radius 3 is 2.74 bits per heavy atom. The van der Waals surface area contributed by atoms with E-state index >= 15 is 0 Å². The number of methoxy groups -OCH3 is 1. The van der Waals surface area contributed by atoms with Crippen molar-refractivity contribution in [2.75, 3.05) is 26.0 Å². The quantitative estimate of drug-likeness (QED) is 0.806. The molecule has 100 valence electrons. The van der Waals surface area contributed by atoms with Gasteiger partial charge in [0.1, 0.15) is 5.75 Å². The van der Waals surface area contributed by atoms with E-state index in [0.717, 1.165) is 0 Å². The summed E-state index contributed by atoms with van der Waals surface area (Å²) < 4.78 is 5.05. The van der Waals surface area contributed by atoms with Gasteiger partial charge in [0.15, 0.2) is 0 Å². The lowest BCUT2D eigenvalue weighted by Crippen LogP contribution is -2.31.